The number of rotatable bonds is 6. The summed E-state index contributed by atoms with van der Waals surface area (Å²) in [4.78, 5) is 27.5. The van der Waals surface area contributed by atoms with Gasteiger partial charge in [-0.25, -0.2) is 8.78 Å². The van der Waals surface area contributed by atoms with Crippen LogP contribution in [0.15, 0.2) is 36.9 Å². The van der Waals surface area contributed by atoms with Gasteiger partial charge in [0.1, 0.15) is 29.5 Å². The first-order valence-electron chi connectivity index (χ1n) is 13.8. The number of benzene rings is 2. The molecule has 2 unspecified atom stereocenters. The number of hydrogen-bond donors (Lipinski definition) is 1. The Bertz CT molecular complexity index is 1530. The minimum absolute atomic E-state index is 0.00989. The predicted octanol–water partition coefficient (Wildman–Crippen LogP) is 5.02. The van der Waals surface area contributed by atoms with E-state index in [0.29, 0.717) is 37.4 Å². The van der Waals surface area contributed by atoms with E-state index in [0.717, 1.165) is 31.9 Å². The number of hydrogen-bond acceptors (Lipinski definition) is 7. The topological polar surface area (TPSA) is 82.0 Å². The Hall–Kier alpha value is -3.50. The van der Waals surface area contributed by atoms with Gasteiger partial charge in [0.25, 0.3) is 0 Å². The van der Waals surface area contributed by atoms with Gasteiger partial charge < -0.3 is 24.5 Å². The third kappa shape index (κ3) is 4.57. The van der Waals surface area contributed by atoms with E-state index < -0.39 is 17.4 Å². The molecule has 3 aliphatic rings. The number of carbonyl (C=O) groups is 1. The summed E-state index contributed by atoms with van der Waals surface area (Å²) < 4.78 is 37.2. The fourth-order valence-electron chi connectivity index (χ4n) is 6.57. The van der Waals surface area contributed by atoms with Gasteiger partial charge in [-0.05, 0) is 64.1 Å². The fourth-order valence-corrected chi connectivity index (χ4v) is 6.86. The first kappa shape index (κ1) is 27.7. The van der Waals surface area contributed by atoms with Crippen molar-refractivity contribution in [1.29, 1.82) is 0 Å². The number of ether oxygens (including phenoxy) is 1. The van der Waals surface area contributed by atoms with E-state index in [1.807, 2.05) is 14.0 Å². The molecule has 0 saturated carbocycles. The first-order chi connectivity index (χ1) is 19.6. The van der Waals surface area contributed by atoms with Gasteiger partial charge >= 0.3 is 6.01 Å². The van der Waals surface area contributed by atoms with Crippen molar-refractivity contribution >= 4 is 34.2 Å². The second kappa shape index (κ2) is 10.4. The lowest BCUT2D eigenvalue weighted by Crippen LogP contribution is -2.65. The van der Waals surface area contributed by atoms with Crippen LogP contribution in [0.1, 0.15) is 26.2 Å². The molecule has 0 radical (unpaired) electrons. The molecule has 3 atom stereocenters. The zero-order valence-corrected chi connectivity index (χ0v) is 23.8. The Labute approximate surface area is 242 Å². The average Bonchev–Trinajstić information content (AvgIpc) is 3.59. The van der Waals surface area contributed by atoms with E-state index in [4.69, 9.17) is 21.3 Å². The van der Waals surface area contributed by atoms with E-state index in [1.54, 1.807) is 4.90 Å². The number of phenols is 1. The van der Waals surface area contributed by atoms with Gasteiger partial charge in [0.05, 0.1) is 10.6 Å². The Morgan fingerprint density at radius 2 is 2.07 bits per heavy atom. The zero-order chi connectivity index (χ0) is 29.1. The third-order valence-corrected chi connectivity index (χ3v) is 9.44. The SMILES string of the molecule is C=CC(=O)N1CC2(CCN(c3nc(OC[C@@H]4CCCN4C)nc4c(F)c(-c5c(O)cccc5F)c(Cl)cc34)C2)C1C. The maximum Gasteiger partial charge on any atom is 0.319 e. The molecular weight excluding hydrogens is 552 g/mol. The highest BCUT2D eigenvalue weighted by Gasteiger charge is 2.55. The maximum absolute atomic E-state index is 16.3. The predicted molar refractivity (Wildman–Crippen MR) is 153 cm³/mol. The lowest BCUT2D eigenvalue weighted by atomic mass is 9.71. The molecule has 3 saturated heterocycles. The Balaban J connectivity index is 1.43. The molecule has 0 aliphatic carbocycles. The van der Waals surface area contributed by atoms with Crippen molar-refractivity contribution in [1.82, 2.24) is 19.8 Å². The van der Waals surface area contributed by atoms with Gasteiger partial charge in [-0.2, -0.15) is 9.97 Å². The van der Waals surface area contributed by atoms with Crippen LogP contribution >= 0.6 is 11.6 Å². The van der Waals surface area contributed by atoms with Crippen LogP contribution in [0.25, 0.3) is 22.0 Å². The Kier molecular flexibility index (Phi) is 7.02. The molecule has 41 heavy (non-hydrogen) atoms. The molecule has 8 nitrogen and oxygen atoms in total. The van der Waals surface area contributed by atoms with Crippen molar-refractivity contribution in [2.24, 2.45) is 5.41 Å². The number of amides is 1. The van der Waals surface area contributed by atoms with Crippen molar-refractivity contribution in [2.75, 3.05) is 44.7 Å². The average molecular weight is 584 g/mol. The molecule has 3 aliphatic heterocycles. The summed E-state index contributed by atoms with van der Waals surface area (Å²) >= 11 is 6.57. The van der Waals surface area contributed by atoms with E-state index in [2.05, 4.69) is 21.4 Å². The van der Waals surface area contributed by atoms with E-state index in [-0.39, 0.29) is 51.1 Å². The summed E-state index contributed by atoms with van der Waals surface area (Å²) in [5.74, 6) is -1.74. The Morgan fingerprint density at radius 1 is 1.27 bits per heavy atom. The normalized spacial score (nSPS) is 24.3. The maximum atomic E-state index is 16.3. The summed E-state index contributed by atoms with van der Waals surface area (Å²) in [6.45, 7) is 8.78. The summed E-state index contributed by atoms with van der Waals surface area (Å²) in [5, 5.41) is 10.7. The lowest BCUT2D eigenvalue weighted by molar-refractivity contribution is -0.145. The summed E-state index contributed by atoms with van der Waals surface area (Å²) in [5.41, 5.74) is -0.810. The molecule has 216 valence electrons. The quantitative estimate of drug-likeness (QED) is 0.408. The second-order valence-electron chi connectivity index (χ2n) is 11.4. The van der Waals surface area contributed by atoms with Gasteiger partial charge in [0.2, 0.25) is 5.91 Å². The number of aromatic nitrogens is 2. The van der Waals surface area contributed by atoms with Crippen LogP contribution in [-0.2, 0) is 4.79 Å². The lowest BCUT2D eigenvalue weighted by Gasteiger charge is -2.54. The highest BCUT2D eigenvalue weighted by atomic mass is 35.5. The number of anilines is 1. The molecule has 3 fully saturated rings. The van der Waals surface area contributed by atoms with Crippen molar-refractivity contribution in [3.63, 3.8) is 0 Å². The minimum Gasteiger partial charge on any atom is -0.507 e. The molecule has 0 bridgehead atoms. The van der Waals surface area contributed by atoms with E-state index in [9.17, 15) is 14.3 Å². The number of nitrogens with zero attached hydrogens (tertiary/aromatic N) is 5. The number of halogens is 3. The molecule has 1 aromatic heterocycles. The number of likely N-dealkylation sites (N-methyl/N-ethyl adjacent to an activating group) is 1. The van der Waals surface area contributed by atoms with Crippen LogP contribution in [0.4, 0.5) is 14.6 Å². The van der Waals surface area contributed by atoms with Crippen molar-refractivity contribution in [3.05, 3.63) is 53.6 Å². The number of aromatic hydroxyl groups is 1. The highest BCUT2D eigenvalue weighted by molar-refractivity contribution is 6.34. The van der Waals surface area contributed by atoms with E-state index >= 15 is 4.39 Å². The van der Waals surface area contributed by atoms with Crippen molar-refractivity contribution in [2.45, 2.75) is 38.3 Å². The third-order valence-electron chi connectivity index (χ3n) is 9.14. The molecule has 3 aromatic rings. The molecule has 1 spiro atoms. The minimum atomic E-state index is -0.868. The van der Waals surface area contributed by atoms with Crippen molar-refractivity contribution in [3.8, 4) is 22.9 Å². The molecule has 2 aromatic carbocycles. The summed E-state index contributed by atoms with van der Waals surface area (Å²) in [6, 6.07) is 5.49. The van der Waals surface area contributed by atoms with Crippen LogP contribution in [0.2, 0.25) is 5.02 Å². The van der Waals surface area contributed by atoms with Crippen LogP contribution in [0, 0.1) is 17.0 Å². The highest BCUT2D eigenvalue weighted by Crippen LogP contribution is 2.48. The molecule has 1 amide bonds. The van der Waals surface area contributed by atoms with Gasteiger partial charge in [-0.1, -0.05) is 24.2 Å². The summed E-state index contributed by atoms with van der Waals surface area (Å²) in [7, 11) is 2.03. The number of carbonyl (C=O) groups excluding carboxylic acids is 1. The van der Waals surface area contributed by atoms with Gasteiger partial charge in [-0.3, -0.25) is 4.79 Å². The first-order valence-corrected chi connectivity index (χ1v) is 14.2. The smallest absolute Gasteiger partial charge is 0.319 e. The molecule has 11 heteroatoms. The van der Waals surface area contributed by atoms with Gasteiger partial charge in [-0.15, -0.1) is 0 Å². The largest absolute Gasteiger partial charge is 0.507 e. The van der Waals surface area contributed by atoms with E-state index in [1.165, 1.54) is 24.3 Å². The molecular formula is C30H32ClF2N5O3. The fraction of sp³-hybridized carbons (Fsp3) is 0.433. The van der Waals surface area contributed by atoms with Crippen LogP contribution in [-0.4, -0.2) is 82.7 Å². The number of fused-ring (bicyclic) bond motifs is 1. The molecule has 1 N–H and O–H groups in total. The molecule has 4 heterocycles. The second-order valence-corrected chi connectivity index (χ2v) is 11.8. The van der Waals surface area contributed by atoms with Gasteiger partial charge in [0.15, 0.2) is 5.82 Å². The van der Waals surface area contributed by atoms with Crippen LogP contribution in [0.3, 0.4) is 0 Å². The monoisotopic (exact) mass is 583 g/mol. The zero-order valence-electron chi connectivity index (χ0n) is 23.0. The summed E-state index contributed by atoms with van der Waals surface area (Å²) in [6.07, 6.45) is 4.19. The molecule has 6 rings (SSSR count). The number of likely N-dealkylation sites (tertiary alicyclic amines) is 2. The van der Waals surface area contributed by atoms with Gasteiger partial charge in [0, 0.05) is 48.1 Å². The van der Waals surface area contributed by atoms with Crippen LogP contribution < -0.4 is 9.64 Å². The number of phenolic OH excluding ortho intramolecular Hbond substituents is 1. The van der Waals surface area contributed by atoms with Crippen LogP contribution in [0.5, 0.6) is 11.8 Å². The van der Waals surface area contributed by atoms with Crippen molar-refractivity contribution < 1.29 is 23.4 Å². The standard InChI is InChI=1S/C30H32ClF2N5O3/c1-4-23(40)38-16-30(17(38)2)10-12-37(15-30)28-19-13-20(31)24(25-21(32)8-5-9-22(25)39)26(33)27(19)34-29(35-28)41-14-18-7-6-11-36(18)3/h4-5,8-9,13,17-18,39H,1,6-7,10-12,14-16H2,2-3H3/t17?,18-,30?/m0/s1. The Morgan fingerprint density at radius 3 is 2.76 bits per heavy atom.